The summed E-state index contributed by atoms with van der Waals surface area (Å²) in [5, 5.41) is 21.0. The predicted molar refractivity (Wildman–Crippen MR) is 75.1 cm³/mol. The van der Waals surface area contributed by atoms with Crippen LogP contribution in [0.4, 0.5) is 0 Å². The maximum Gasteiger partial charge on any atom is 0.261 e. The van der Waals surface area contributed by atoms with Gasteiger partial charge in [0.1, 0.15) is 5.75 Å². The van der Waals surface area contributed by atoms with Crippen LogP contribution in [-0.2, 0) is 4.79 Å². The molecule has 0 aromatic heterocycles. The average molecular weight is 276 g/mol. The molecule has 2 N–H and O–H groups in total. The van der Waals surface area contributed by atoms with E-state index in [-0.39, 0.29) is 5.91 Å². The molecule has 0 aliphatic heterocycles. The molecule has 0 fully saturated rings. The van der Waals surface area contributed by atoms with Gasteiger partial charge in [-0.15, -0.1) is 0 Å². The lowest BCUT2D eigenvalue weighted by Gasteiger charge is -2.30. The number of nitrogens with one attached hydrogen (secondary N) is 1. The van der Waals surface area contributed by atoms with E-state index in [0.717, 1.165) is 0 Å². The number of aliphatic hydroxyl groups excluding tert-OH is 1. The fourth-order valence-electron chi connectivity index (χ4n) is 1.39. The molecular weight excluding hydrogens is 256 g/mol. The highest BCUT2D eigenvalue weighted by atomic mass is 16.5. The van der Waals surface area contributed by atoms with Crippen molar-refractivity contribution in [1.82, 2.24) is 5.32 Å². The van der Waals surface area contributed by atoms with Crippen molar-refractivity contribution in [2.24, 2.45) is 0 Å². The van der Waals surface area contributed by atoms with Crippen LogP contribution in [0.2, 0.25) is 0 Å². The molecule has 1 amide bonds. The van der Waals surface area contributed by atoms with Crippen molar-refractivity contribution in [3.63, 3.8) is 0 Å². The van der Waals surface area contributed by atoms with E-state index in [0.29, 0.717) is 11.3 Å². The Morgan fingerprint density at radius 1 is 1.35 bits per heavy atom. The Morgan fingerprint density at radius 2 is 1.90 bits per heavy atom. The third-order valence-electron chi connectivity index (χ3n) is 3.16. The van der Waals surface area contributed by atoms with Crippen molar-refractivity contribution in [3.8, 4) is 11.8 Å². The first-order chi connectivity index (χ1) is 9.26. The molecule has 0 bridgehead atoms. The number of rotatable bonds is 5. The van der Waals surface area contributed by atoms with Crippen LogP contribution in [0.3, 0.4) is 0 Å². The molecule has 0 spiro atoms. The van der Waals surface area contributed by atoms with E-state index in [1.807, 2.05) is 6.07 Å². The summed E-state index contributed by atoms with van der Waals surface area (Å²) in [6.45, 7) is 6.73. The number of benzene rings is 1. The Labute approximate surface area is 119 Å². The number of nitrogens with zero attached hydrogens (tertiary/aromatic N) is 1. The smallest absolute Gasteiger partial charge is 0.261 e. The molecule has 0 aliphatic rings. The van der Waals surface area contributed by atoms with Gasteiger partial charge in [0.15, 0.2) is 6.10 Å². The van der Waals surface area contributed by atoms with Gasteiger partial charge in [0.25, 0.3) is 5.91 Å². The van der Waals surface area contributed by atoms with Crippen LogP contribution >= 0.6 is 0 Å². The molecule has 2 atom stereocenters. The van der Waals surface area contributed by atoms with Crippen molar-refractivity contribution < 1.29 is 14.6 Å². The molecule has 0 saturated heterocycles. The van der Waals surface area contributed by atoms with E-state index in [9.17, 15) is 9.90 Å². The summed E-state index contributed by atoms with van der Waals surface area (Å²) in [5.41, 5.74) is -0.191. The van der Waals surface area contributed by atoms with Gasteiger partial charge >= 0.3 is 0 Å². The summed E-state index contributed by atoms with van der Waals surface area (Å²) in [7, 11) is 0. The third-order valence-corrected chi connectivity index (χ3v) is 3.16. The Hall–Kier alpha value is -2.06. The number of hydrogen-bond donors (Lipinski definition) is 2. The summed E-state index contributed by atoms with van der Waals surface area (Å²) >= 11 is 0. The Balaban J connectivity index is 2.64. The second-order valence-corrected chi connectivity index (χ2v) is 5.28. The van der Waals surface area contributed by atoms with Gasteiger partial charge in [-0.1, -0.05) is 0 Å². The second-order valence-electron chi connectivity index (χ2n) is 5.28. The van der Waals surface area contributed by atoms with Gasteiger partial charge in [0.2, 0.25) is 0 Å². The molecular formula is C15H20N2O3. The zero-order valence-electron chi connectivity index (χ0n) is 12.2. The number of ether oxygens (including phenoxy) is 1. The third kappa shape index (κ3) is 4.25. The normalized spacial score (nSPS) is 14.0. The van der Waals surface area contributed by atoms with Gasteiger partial charge in [-0.2, -0.15) is 5.26 Å². The zero-order chi connectivity index (χ0) is 15.3. The quantitative estimate of drug-likeness (QED) is 0.855. The van der Waals surface area contributed by atoms with Crippen molar-refractivity contribution in [2.75, 3.05) is 0 Å². The van der Waals surface area contributed by atoms with E-state index in [1.54, 1.807) is 52.0 Å². The topological polar surface area (TPSA) is 82.3 Å². The van der Waals surface area contributed by atoms with Crippen molar-refractivity contribution in [1.29, 1.82) is 5.26 Å². The molecule has 1 rings (SSSR count). The van der Waals surface area contributed by atoms with Gasteiger partial charge in [-0.05, 0) is 52.0 Å². The molecule has 5 nitrogen and oxygen atoms in total. The lowest BCUT2D eigenvalue weighted by Crippen LogP contribution is -2.54. The molecule has 5 heteroatoms. The molecule has 0 saturated carbocycles. The fraction of sp³-hybridized carbons (Fsp3) is 0.467. The minimum Gasteiger partial charge on any atom is -0.481 e. The summed E-state index contributed by atoms with van der Waals surface area (Å²) < 4.78 is 5.50. The van der Waals surface area contributed by atoms with Crippen molar-refractivity contribution in [2.45, 2.75) is 45.4 Å². The minimum absolute atomic E-state index is 0.305. The van der Waals surface area contributed by atoms with Crippen LogP contribution in [-0.4, -0.2) is 28.8 Å². The Morgan fingerprint density at radius 3 is 2.35 bits per heavy atom. The molecule has 108 valence electrons. The van der Waals surface area contributed by atoms with Crippen LogP contribution in [0.1, 0.15) is 33.3 Å². The zero-order valence-corrected chi connectivity index (χ0v) is 12.2. The summed E-state index contributed by atoms with van der Waals surface area (Å²) in [5.74, 6) is 0.210. The van der Waals surface area contributed by atoms with E-state index in [4.69, 9.17) is 10.00 Å². The minimum atomic E-state index is -0.723. The number of amides is 1. The molecule has 0 aliphatic carbocycles. The maximum absolute atomic E-state index is 12.0. The average Bonchev–Trinajstić information content (AvgIpc) is 2.38. The number of carbonyl (C=O) groups excluding carboxylic acids is 1. The maximum atomic E-state index is 12.0. The SMILES string of the molecule is CC(Oc1ccc(C#N)cc1)C(=O)NC(C)(C)C(C)O. The van der Waals surface area contributed by atoms with Gasteiger partial charge in [0.05, 0.1) is 23.3 Å². The van der Waals surface area contributed by atoms with Gasteiger partial charge in [-0.3, -0.25) is 4.79 Å². The van der Waals surface area contributed by atoms with Gasteiger partial charge in [-0.25, -0.2) is 0 Å². The standard InChI is InChI=1S/C15H20N2O3/c1-10(14(19)17-15(3,4)11(2)18)20-13-7-5-12(9-16)6-8-13/h5-8,10-11,18H,1-4H3,(H,17,19). The number of carbonyl (C=O) groups is 1. The first-order valence-electron chi connectivity index (χ1n) is 6.43. The second kappa shape index (κ2) is 6.40. The summed E-state index contributed by atoms with van der Waals surface area (Å²) in [6.07, 6.45) is -1.37. The van der Waals surface area contributed by atoms with Crippen LogP contribution in [0.15, 0.2) is 24.3 Å². The van der Waals surface area contributed by atoms with E-state index in [2.05, 4.69) is 5.32 Å². The van der Waals surface area contributed by atoms with Crippen LogP contribution in [0.25, 0.3) is 0 Å². The predicted octanol–water partition coefficient (Wildman–Crippen LogP) is 1.60. The lowest BCUT2D eigenvalue weighted by atomic mass is 9.98. The highest BCUT2D eigenvalue weighted by Gasteiger charge is 2.28. The molecule has 2 unspecified atom stereocenters. The molecule has 0 heterocycles. The number of hydrogen-bond acceptors (Lipinski definition) is 4. The Bertz CT molecular complexity index is 501. The van der Waals surface area contributed by atoms with Crippen molar-refractivity contribution >= 4 is 5.91 Å². The first kappa shape index (κ1) is 16.0. The van der Waals surface area contributed by atoms with E-state index in [1.165, 1.54) is 0 Å². The lowest BCUT2D eigenvalue weighted by molar-refractivity contribution is -0.130. The molecule has 0 radical (unpaired) electrons. The monoisotopic (exact) mass is 276 g/mol. The molecule has 1 aromatic rings. The summed E-state index contributed by atoms with van der Waals surface area (Å²) in [4.78, 5) is 12.0. The summed E-state index contributed by atoms with van der Waals surface area (Å²) in [6, 6.07) is 8.54. The van der Waals surface area contributed by atoms with Crippen LogP contribution < -0.4 is 10.1 Å². The fourth-order valence-corrected chi connectivity index (χ4v) is 1.39. The highest BCUT2D eigenvalue weighted by molar-refractivity contribution is 5.81. The Kier molecular flexibility index (Phi) is 5.12. The van der Waals surface area contributed by atoms with Crippen LogP contribution in [0, 0.1) is 11.3 Å². The van der Waals surface area contributed by atoms with Crippen molar-refractivity contribution in [3.05, 3.63) is 29.8 Å². The van der Waals surface area contributed by atoms with Crippen LogP contribution in [0.5, 0.6) is 5.75 Å². The van der Waals surface area contributed by atoms with Gasteiger partial charge in [0, 0.05) is 0 Å². The largest absolute Gasteiger partial charge is 0.481 e. The molecule has 1 aromatic carbocycles. The first-order valence-corrected chi connectivity index (χ1v) is 6.43. The highest BCUT2D eigenvalue weighted by Crippen LogP contribution is 2.14. The van der Waals surface area contributed by atoms with E-state index >= 15 is 0 Å². The number of nitriles is 1. The number of aliphatic hydroxyl groups is 1. The van der Waals surface area contributed by atoms with E-state index < -0.39 is 17.7 Å². The van der Waals surface area contributed by atoms with Gasteiger partial charge < -0.3 is 15.2 Å². The molecule has 20 heavy (non-hydrogen) atoms.